The van der Waals surface area contributed by atoms with Crippen LogP contribution >= 0.6 is 11.8 Å². The maximum Gasteiger partial charge on any atom is 0.253 e. The largest absolute Gasteiger partial charge is 0.318 e. The Balaban J connectivity index is 1.67. The normalized spacial score (nSPS) is 12.3. The number of amides is 1. The highest BCUT2D eigenvalue weighted by atomic mass is 32.2. The van der Waals surface area contributed by atoms with Gasteiger partial charge in [0, 0.05) is 27.5 Å². The lowest BCUT2D eigenvalue weighted by Gasteiger charge is -2.10. The van der Waals surface area contributed by atoms with Crippen LogP contribution in [0.3, 0.4) is 0 Å². The van der Waals surface area contributed by atoms with E-state index in [0.29, 0.717) is 0 Å². The molecule has 2 aromatic carbocycles. The van der Waals surface area contributed by atoms with Crippen LogP contribution in [0.5, 0.6) is 0 Å². The van der Waals surface area contributed by atoms with Crippen LogP contribution in [0.2, 0.25) is 0 Å². The molecular formula is C22H22FN3OS. The Kier molecular flexibility index (Phi) is 6.31. The predicted molar refractivity (Wildman–Crippen MR) is 113 cm³/mol. The fourth-order valence-corrected chi connectivity index (χ4v) is 3.80. The Morgan fingerprint density at radius 1 is 1.14 bits per heavy atom. The van der Waals surface area contributed by atoms with Gasteiger partial charge < -0.3 is 4.57 Å². The first-order valence-corrected chi connectivity index (χ1v) is 9.83. The van der Waals surface area contributed by atoms with Gasteiger partial charge in [0.05, 0.1) is 11.5 Å². The molecule has 6 heteroatoms. The van der Waals surface area contributed by atoms with Crippen molar-refractivity contribution in [3.05, 3.63) is 83.4 Å². The van der Waals surface area contributed by atoms with Gasteiger partial charge >= 0.3 is 0 Å². The highest BCUT2D eigenvalue weighted by Gasteiger charge is 2.14. The number of aryl methyl sites for hydroxylation is 1. The Morgan fingerprint density at radius 2 is 1.82 bits per heavy atom. The average Bonchev–Trinajstić information content (AvgIpc) is 2.97. The topological polar surface area (TPSA) is 46.4 Å². The summed E-state index contributed by atoms with van der Waals surface area (Å²) >= 11 is 1.49. The fourth-order valence-electron chi connectivity index (χ4n) is 2.92. The predicted octanol–water partition coefficient (Wildman–Crippen LogP) is 4.86. The van der Waals surface area contributed by atoms with Gasteiger partial charge in [-0.05, 0) is 63.2 Å². The lowest BCUT2D eigenvalue weighted by molar-refractivity contribution is -0.120. The highest BCUT2D eigenvalue weighted by molar-refractivity contribution is 8.00. The molecule has 1 heterocycles. The van der Waals surface area contributed by atoms with E-state index in [1.165, 1.54) is 23.9 Å². The second-order valence-corrected chi connectivity index (χ2v) is 7.86. The van der Waals surface area contributed by atoms with E-state index in [4.69, 9.17) is 0 Å². The number of hydrogen-bond acceptors (Lipinski definition) is 3. The number of rotatable bonds is 6. The molecule has 0 aliphatic carbocycles. The summed E-state index contributed by atoms with van der Waals surface area (Å²) in [6, 6.07) is 18.1. The van der Waals surface area contributed by atoms with E-state index in [0.717, 1.165) is 27.5 Å². The van der Waals surface area contributed by atoms with Crippen molar-refractivity contribution in [2.45, 2.75) is 30.9 Å². The van der Waals surface area contributed by atoms with Crippen molar-refractivity contribution >= 4 is 23.9 Å². The molecule has 0 aliphatic heterocycles. The zero-order valence-corrected chi connectivity index (χ0v) is 16.8. The van der Waals surface area contributed by atoms with Crippen molar-refractivity contribution in [2.24, 2.45) is 5.10 Å². The minimum atomic E-state index is -0.266. The molecule has 1 unspecified atom stereocenters. The number of hydrazone groups is 1. The molecular weight excluding hydrogens is 373 g/mol. The number of carbonyl (C=O) groups excluding carboxylic acids is 1. The SMILES string of the molecule is Cc1cc(C=NNC(=O)C(C)Sc2ccccc2)c(C)n1-c1ccc(F)cc1. The average molecular weight is 396 g/mol. The Hall–Kier alpha value is -2.86. The van der Waals surface area contributed by atoms with Crippen molar-refractivity contribution in [3.63, 3.8) is 0 Å². The van der Waals surface area contributed by atoms with E-state index in [-0.39, 0.29) is 17.0 Å². The van der Waals surface area contributed by atoms with Crippen LogP contribution < -0.4 is 5.43 Å². The highest BCUT2D eigenvalue weighted by Crippen LogP contribution is 2.23. The van der Waals surface area contributed by atoms with Gasteiger partial charge in [-0.25, -0.2) is 9.82 Å². The third-order valence-electron chi connectivity index (χ3n) is 4.36. The first-order valence-electron chi connectivity index (χ1n) is 8.95. The van der Waals surface area contributed by atoms with Crippen molar-refractivity contribution < 1.29 is 9.18 Å². The van der Waals surface area contributed by atoms with Crippen molar-refractivity contribution in [2.75, 3.05) is 0 Å². The maximum absolute atomic E-state index is 13.2. The molecule has 3 aromatic rings. The molecule has 4 nitrogen and oxygen atoms in total. The van der Waals surface area contributed by atoms with Gasteiger partial charge in [-0.1, -0.05) is 18.2 Å². The van der Waals surface area contributed by atoms with E-state index in [9.17, 15) is 9.18 Å². The number of benzene rings is 2. The van der Waals surface area contributed by atoms with E-state index in [1.54, 1.807) is 18.3 Å². The third kappa shape index (κ3) is 4.70. The minimum Gasteiger partial charge on any atom is -0.318 e. The van der Waals surface area contributed by atoms with Crippen LogP contribution in [0, 0.1) is 19.7 Å². The molecule has 3 rings (SSSR count). The summed E-state index contributed by atoms with van der Waals surface area (Å²) in [6.07, 6.45) is 1.64. The number of thioether (sulfide) groups is 1. The summed E-state index contributed by atoms with van der Waals surface area (Å²) in [6.45, 7) is 5.79. The molecule has 1 amide bonds. The van der Waals surface area contributed by atoms with Crippen LogP contribution in [-0.2, 0) is 4.79 Å². The molecule has 0 aliphatic rings. The summed E-state index contributed by atoms with van der Waals surface area (Å²) in [7, 11) is 0. The van der Waals surface area contributed by atoms with Gasteiger partial charge in [-0.3, -0.25) is 4.79 Å². The van der Waals surface area contributed by atoms with Crippen molar-refractivity contribution in [1.29, 1.82) is 0 Å². The number of halogens is 1. The minimum absolute atomic E-state index is 0.155. The lowest BCUT2D eigenvalue weighted by Crippen LogP contribution is -2.26. The molecule has 0 radical (unpaired) electrons. The number of carbonyl (C=O) groups is 1. The molecule has 0 bridgehead atoms. The Labute approximate surface area is 168 Å². The second-order valence-electron chi connectivity index (χ2n) is 6.45. The van der Waals surface area contributed by atoms with Gasteiger partial charge in [0.25, 0.3) is 5.91 Å². The summed E-state index contributed by atoms with van der Waals surface area (Å²) in [5.74, 6) is -0.421. The van der Waals surface area contributed by atoms with Crippen LogP contribution in [0.25, 0.3) is 5.69 Å². The summed E-state index contributed by atoms with van der Waals surface area (Å²) in [4.78, 5) is 13.3. The van der Waals surface area contributed by atoms with E-state index < -0.39 is 0 Å². The molecule has 28 heavy (non-hydrogen) atoms. The van der Waals surface area contributed by atoms with Crippen molar-refractivity contribution in [1.82, 2.24) is 9.99 Å². The fraction of sp³-hybridized carbons (Fsp3) is 0.182. The van der Waals surface area contributed by atoms with Crippen molar-refractivity contribution in [3.8, 4) is 5.69 Å². The summed E-state index contributed by atoms with van der Waals surface area (Å²) in [5, 5.41) is 3.86. The molecule has 0 spiro atoms. The molecule has 144 valence electrons. The summed E-state index contributed by atoms with van der Waals surface area (Å²) in [5.41, 5.74) is 6.35. The monoisotopic (exact) mass is 395 g/mol. The summed E-state index contributed by atoms with van der Waals surface area (Å²) < 4.78 is 15.2. The number of hydrogen-bond donors (Lipinski definition) is 1. The molecule has 0 saturated carbocycles. The van der Waals surface area contributed by atoms with Gasteiger partial charge in [0.2, 0.25) is 0 Å². The molecule has 1 aromatic heterocycles. The van der Waals surface area contributed by atoms with Crippen LogP contribution in [0.4, 0.5) is 4.39 Å². The molecule has 1 atom stereocenters. The van der Waals surface area contributed by atoms with Gasteiger partial charge in [-0.2, -0.15) is 5.10 Å². The van der Waals surface area contributed by atoms with E-state index >= 15 is 0 Å². The van der Waals surface area contributed by atoms with E-state index in [2.05, 4.69) is 10.5 Å². The van der Waals surface area contributed by atoms with Gasteiger partial charge in [0.1, 0.15) is 5.82 Å². The molecule has 0 fully saturated rings. The van der Waals surface area contributed by atoms with Crippen LogP contribution in [-0.4, -0.2) is 21.9 Å². The number of nitrogens with zero attached hydrogens (tertiary/aromatic N) is 2. The lowest BCUT2D eigenvalue weighted by atomic mass is 10.2. The number of aromatic nitrogens is 1. The zero-order chi connectivity index (χ0) is 20.1. The van der Waals surface area contributed by atoms with Crippen LogP contribution in [0.15, 0.2) is 70.7 Å². The maximum atomic E-state index is 13.2. The van der Waals surface area contributed by atoms with Crippen LogP contribution in [0.1, 0.15) is 23.9 Å². The van der Waals surface area contributed by atoms with Gasteiger partial charge in [-0.15, -0.1) is 11.8 Å². The third-order valence-corrected chi connectivity index (χ3v) is 5.47. The number of nitrogens with one attached hydrogen (secondary N) is 1. The quantitative estimate of drug-likeness (QED) is 0.368. The Morgan fingerprint density at radius 3 is 2.50 bits per heavy atom. The first-order chi connectivity index (χ1) is 13.5. The second kappa shape index (κ2) is 8.89. The molecule has 1 N–H and O–H groups in total. The zero-order valence-electron chi connectivity index (χ0n) is 16.0. The first kappa shape index (κ1) is 19.9. The van der Waals surface area contributed by atoms with Gasteiger partial charge in [0.15, 0.2) is 0 Å². The molecule has 0 saturated heterocycles. The smallest absolute Gasteiger partial charge is 0.253 e. The standard InChI is InChI=1S/C22H22FN3OS/c1-15-13-18(16(2)26(15)20-11-9-19(23)10-12-20)14-24-25-22(27)17(3)28-21-7-5-4-6-8-21/h4-14,17H,1-3H3,(H,25,27). The Bertz CT molecular complexity index is 981. The van der Waals surface area contributed by atoms with E-state index in [1.807, 2.05) is 61.7 Å².